The van der Waals surface area contributed by atoms with Crippen LogP contribution in [0.25, 0.3) is 11.4 Å². The number of hydrogen-bond acceptors (Lipinski definition) is 4. The third-order valence-electron chi connectivity index (χ3n) is 5.32. The van der Waals surface area contributed by atoms with Gasteiger partial charge in [0, 0.05) is 19.7 Å². The van der Waals surface area contributed by atoms with Crippen LogP contribution in [0.4, 0.5) is 0 Å². The molecule has 7 nitrogen and oxygen atoms in total. The van der Waals surface area contributed by atoms with Crippen LogP contribution in [0, 0.1) is 0 Å². The van der Waals surface area contributed by atoms with Crippen molar-refractivity contribution in [2.45, 2.75) is 25.8 Å². The highest BCUT2D eigenvalue weighted by Gasteiger charge is 2.17. The number of carbonyl (C=O) groups is 1. The standard InChI is InChI=1S/C23H24N6O/c1-18(20-9-11-22(12-10-20)29-17-24-16-26-29)27(2)23(30)13-8-19-14-25-28(15-19)21-6-4-3-5-7-21/h3-7,9-12,14-18H,8,13H2,1-2H3/t18-/m1/s1. The summed E-state index contributed by atoms with van der Waals surface area (Å²) in [7, 11) is 1.85. The molecule has 1 amide bonds. The largest absolute Gasteiger partial charge is 0.339 e. The second-order valence-electron chi connectivity index (χ2n) is 7.24. The summed E-state index contributed by atoms with van der Waals surface area (Å²) in [5.41, 5.74) is 4.07. The van der Waals surface area contributed by atoms with Gasteiger partial charge in [-0.1, -0.05) is 30.3 Å². The van der Waals surface area contributed by atoms with Crippen LogP contribution in [0.1, 0.15) is 30.5 Å². The highest BCUT2D eigenvalue weighted by Crippen LogP contribution is 2.21. The van der Waals surface area contributed by atoms with Gasteiger partial charge in [0.2, 0.25) is 5.91 Å². The van der Waals surface area contributed by atoms with E-state index in [-0.39, 0.29) is 11.9 Å². The fourth-order valence-corrected chi connectivity index (χ4v) is 3.33. The summed E-state index contributed by atoms with van der Waals surface area (Å²) in [4.78, 5) is 18.5. The molecule has 0 aliphatic carbocycles. The van der Waals surface area contributed by atoms with E-state index in [0.717, 1.165) is 22.5 Å². The van der Waals surface area contributed by atoms with Gasteiger partial charge in [-0.3, -0.25) is 4.79 Å². The van der Waals surface area contributed by atoms with E-state index in [1.165, 1.54) is 6.33 Å². The quantitative estimate of drug-likeness (QED) is 0.475. The number of rotatable bonds is 7. The molecule has 152 valence electrons. The molecule has 0 aliphatic rings. The lowest BCUT2D eigenvalue weighted by Crippen LogP contribution is -2.29. The number of nitrogens with zero attached hydrogens (tertiary/aromatic N) is 6. The fourth-order valence-electron chi connectivity index (χ4n) is 3.33. The first-order valence-electron chi connectivity index (χ1n) is 9.91. The molecule has 0 unspecified atom stereocenters. The minimum atomic E-state index is -0.0191. The van der Waals surface area contributed by atoms with E-state index in [1.54, 1.807) is 15.9 Å². The van der Waals surface area contributed by atoms with Gasteiger partial charge in [-0.2, -0.15) is 10.2 Å². The predicted octanol–water partition coefficient (Wildman–Crippen LogP) is 3.61. The van der Waals surface area contributed by atoms with Crippen LogP contribution in [-0.2, 0) is 11.2 Å². The van der Waals surface area contributed by atoms with Crippen LogP contribution in [0.15, 0.2) is 79.6 Å². The molecule has 30 heavy (non-hydrogen) atoms. The van der Waals surface area contributed by atoms with E-state index in [9.17, 15) is 4.79 Å². The average Bonchev–Trinajstić information content (AvgIpc) is 3.50. The molecule has 0 saturated carbocycles. The minimum absolute atomic E-state index is 0.0191. The maximum absolute atomic E-state index is 12.7. The van der Waals surface area contributed by atoms with Crippen molar-refractivity contribution < 1.29 is 4.79 Å². The predicted molar refractivity (Wildman–Crippen MR) is 114 cm³/mol. The molecule has 0 N–H and O–H groups in total. The summed E-state index contributed by atoms with van der Waals surface area (Å²) >= 11 is 0. The molecule has 4 rings (SSSR count). The Bertz CT molecular complexity index is 1090. The summed E-state index contributed by atoms with van der Waals surface area (Å²) in [5, 5.41) is 8.53. The van der Waals surface area contributed by atoms with Crippen molar-refractivity contribution in [3.63, 3.8) is 0 Å². The molecule has 2 aromatic heterocycles. The maximum atomic E-state index is 12.7. The number of amides is 1. The van der Waals surface area contributed by atoms with E-state index >= 15 is 0 Å². The SMILES string of the molecule is C[C@H](c1ccc(-n2cncn2)cc1)N(C)C(=O)CCc1cnn(-c2ccccc2)c1. The monoisotopic (exact) mass is 400 g/mol. The topological polar surface area (TPSA) is 68.8 Å². The number of hydrogen-bond donors (Lipinski definition) is 0. The molecular formula is C23H24N6O. The third-order valence-corrected chi connectivity index (χ3v) is 5.32. The highest BCUT2D eigenvalue weighted by molar-refractivity contribution is 5.76. The first kappa shape index (κ1) is 19.6. The summed E-state index contributed by atoms with van der Waals surface area (Å²) in [6, 6.07) is 17.9. The van der Waals surface area contributed by atoms with Crippen LogP contribution in [0.3, 0.4) is 0 Å². The molecule has 2 heterocycles. The fraction of sp³-hybridized carbons (Fsp3) is 0.217. The second kappa shape index (κ2) is 8.73. The van der Waals surface area contributed by atoms with E-state index in [1.807, 2.05) is 85.6 Å². The molecule has 0 radical (unpaired) electrons. The Balaban J connectivity index is 1.35. The van der Waals surface area contributed by atoms with Crippen molar-refractivity contribution >= 4 is 5.91 Å². The van der Waals surface area contributed by atoms with Crippen molar-refractivity contribution in [1.82, 2.24) is 29.4 Å². The minimum Gasteiger partial charge on any atom is -0.339 e. The lowest BCUT2D eigenvalue weighted by molar-refractivity contribution is -0.131. The van der Waals surface area contributed by atoms with Crippen LogP contribution >= 0.6 is 0 Å². The summed E-state index contributed by atoms with van der Waals surface area (Å²) in [5.74, 6) is 0.107. The molecular weight excluding hydrogens is 376 g/mol. The van der Waals surface area contributed by atoms with Gasteiger partial charge in [0.1, 0.15) is 12.7 Å². The number of benzene rings is 2. The Morgan fingerprint density at radius 2 is 1.73 bits per heavy atom. The van der Waals surface area contributed by atoms with E-state index in [4.69, 9.17) is 0 Å². The van der Waals surface area contributed by atoms with Crippen LogP contribution in [0.2, 0.25) is 0 Å². The van der Waals surface area contributed by atoms with Crippen LogP contribution in [0.5, 0.6) is 0 Å². The number of aromatic nitrogens is 5. The van der Waals surface area contributed by atoms with Crippen LogP contribution < -0.4 is 0 Å². The average molecular weight is 400 g/mol. The zero-order valence-corrected chi connectivity index (χ0v) is 17.1. The zero-order chi connectivity index (χ0) is 20.9. The summed E-state index contributed by atoms with van der Waals surface area (Å²) in [6.07, 6.45) is 8.08. The number of carbonyl (C=O) groups excluding carboxylic acids is 1. The van der Waals surface area contributed by atoms with Gasteiger partial charge in [-0.05, 0) is 48.7 Å². The van der Waals surface area contributed by atoms with E-state index in [0.29, 0.717) is 12.8 Å². The Morgan fingerprint density at radius 3 is 2.43 bits per heavy atom. The van der Waals surface area contributed by atoms with Crippen molar-refractivity contribution in [3.8, 4) is 11.4 Å². The molecule has 0 bridgehead atoms. The van der Waals surface area contributed by atoms with Gasteiger partial charge in [0.05, 0.1) is 23.6 Å². The normalized spacial score (nSPS) is 11.9. The summed E-state index contributed by atoms with van der Waals surface area (Å²) in [6.45, 7) is 2.04. The van der Waals surface area contributed by atoms with Crippen molar-refractivity contribution in [1.29, 1.82) is 0 Å². The Hall–Kier alpha value is -3.74. The van der Waals surface area contributed by atoms with E-state index < -0.39 is 0 Å². The molecule has 0 saturated heterocycles. The van der Waals surface area contributed by atoms with E-state index in [2.05, 4.69) is 15.2 Å². The van der Waals surface area contributed by atoms with Gasteiger partial charge >= 0.3 is 0 Å². The Kier molecular flexibility index (Phi) is 5.70. The lowest BCUT2D eigenvalue weighted by Gasteiger charge is -2.25. The number of aryl methyl sites for hydroxylation is 1. The Labute approximate surface area is 175 Å². The van der Waals surface area contributed by atoms with Crippen molar-refractivity contribution in [2.75, 3.05) is 7.05 Å². The van der Waals surface area contributed by atoms with Gasteiger partial charge in [0.25, 0.3) is 0 Å². The van der Waals surface area contributed by atoms with Gasteiger partial charge in [0.15, 0.2) is 0 Å². The molecule has 4 aromatic rings. The van der Waals surface area contributed by atoms with Crippen molar-refractivity contribution in [3.05, 3.63) is 90.8 Å². The molecule has 1 atom stereocenters. The highest BCUT2D eigenvalue weighted by atomic mass is 16.2. The van der Waals surface area contributed by atoms with Gasteiger partial charge in [-0.15, -0.1) is 0 Å². The maximum Gasteiger partial charge on any atom is 0.223 e. The molecule has 0 spiro atoms. The Morgan fingerprint density at radius 1 is 1.00 bits per heavy atom. The first-order chi connectivity index (χ1) is 14.6. The first-order valence-corrected chi connectivity index (χ1v) is 9.91. The number of para-hydroxylation sites is 1. The summed E-state index contributed by atoms with van der Waals surface area (Å²) < 4.78 is 3.54. The third kappa shape index (κ3) is 4.30. The van der Waals surface area contributed by atoms with Gasteiger partial charge in [-0.25, -0.2) is 14.3 Å². The molecule has 7 heteroatoms. The second-order valence-corrected chi connectivity index (χ2v) is 7.24. The molecule has 2 aromatic carbocycles. The zero-order valence-electron chi connectivity index (χ0n) is 17.1. The molecule has 0 fully saturated rings. The van der Waals surface area contributed by atoms with Crippen molar-refractivity contribution in [2.24, 2.45) is 0 Å². The smallest absolute Gasteiger partial charge is 0.223 e. The van der Waals surface area contributed by atoms with Crippen LogP contribution in [-0.4, -0.2) is 42.4 Å². The molecule has 0 aliphatic heterocycles. The lowest BCUT2D eigenvalue weighted by atomic mass is 10.1. The van der Waals surface area contributed by atoms with Gasteiger partial charge < -0.3 is 4.90 Å².